The average Bonchev–Trinajstić information content (AvgIpc) is 3.15. The number of anilines is 1. The fourth-order valence-electron chi connectivity index (χ4n) is 3.47. The van der Waals surface area contributed by atoms with Gasteiger partial charge in [-0.2, -0.15) is 13.2 Å². The van der Waals surface area contributed by atoms with Crippen LogP contribution in [0.1, 0.15) is 35.7 Å². The van der Waals surface area contributed by atoms with E-state index in [0.29, 0.717) is 25.6 Å². The van der Waals surface area contributed by atoms with Crippen molar-refractivity contribution in [1.82, 2.24) is 10.2 Å². The Labute approximate surface area is 190 Å². The Kier molecular flexibility index (Phi) is 7.31. The van der Waals surface area contributed by atoms with E-state index in [1.54, 1.807) is 4.90 Å². The van der Waals surface area contributed by atoms with Gasteiger partial charge in [0.2, 0.25) is 5.91 Å². The second kappa shape index (κ2) is 9.82. The van der Waals surface area contributed by atoms with Gasteiger partial charge in [0.1, 0.15) is 0 Å². The number of likely N-dealkylation sites (tertiary alicyclic amines) is 1. The van der Waals surface area contributed by atoms with Crippen molar-refractivity contribution >= 4 is 27.5 Å². The summed E-state index contributed by atoms with van der Waals surface area (Å²) in [5.41, 5.74) is -0.965. The highest BCUT2D eigenvalue weighted by Gasteiger charge is 2.30. The van der Waals surface area contributed by atoms with Crippen molar-refractivity contribution < 1.29 is 31.2 Å². The molecule has 0 saturated carbocycles. The summed E-state index contributed by atoms with van der Waals surface area (Å²) in [6, 6.07) is 8.93. The quantitative estimate of drug-likeness (QED) is 0.601. The molecule has 7 nitrogen and oxygen atoms in total. The number of amides is 2. The SMILES string of the molecule is C[C@@H](CNC(=O)c1ccc(S(=O)(=O)Nc2cccc(C(F)(F)F)c2)cc1)CN1CCCC1=O. The second-order valence-electron chi connectivity index (χ2n) is 7.97. The predicted molar refractivity (Wildman–Crippen MR) is 116 cm³/mol. The molecule has 1 aliphatic rings. The van der Waals surface area contributed by atoms with Gasteiger partial charge in [-0.15, -0.1) is 0 Å². The zero-order valence-corrected chi connectivity index (χ0v) is 18.7. The number of hydrogen-bond acceptors (Lipinski definition) is 4. The number of alkyl halides is 3. The van der Waals surface area contributed by atoms with Crippen LogP contribution in [-0.2, 0) is 21.0 Å². The number of benzene rings is 2. The molecule has 0 spiro atoms. The molecule has 2 aromatic carbocycles. The molecule has 1 atom stereocenters. The third-order valence-electron chi connectivity index (χ3n) is 5.18. The van der Waals surface area contributed by atoms with E-state index in [2.05, 4.69) is 10.0 Å². The van der Waals surface area contributed by atoms with Crippen LogP contribution in [0, 0.1) is 5.92 Å². The van der Waals surface area contributed by atoms with Crippen LogP contribution in [0.25, 0.3) is 0 Å². The summed E-state index contributed by atoms with van der Waals surface area (Å²) in [6.07, 6.45) is -3.20. The number of rotatable bonds is 8. The first-order chi connectivity index (χ1) is 15.5. The first-order valence-corrected chi connectivity index (χ1v) is 11.8. The first kappa shape index (κ1) is 24.6. The average molecular weight is 484 g/mol. The molecule has 1 heterocycles. The molecule has 2 amide bonds. The van der Waals surface area contributed by atoms with Gasteiger partial charge in [0, 0.05) is 37.3 Å². The minimum atomic E-state index is -4.60. The molecule has 1 aliphatic heterocycles. The summed E-state index contributed by atoms with van der Waals surface area (Å²) in [5, 5.41) is 2.76. The standard InChI is InChI=1S/C22H24F3N3O4S/c1-15(14-28-11-3-6-20(28)29)13-26-21(30)16-7-9-19(10-8-16)33(31,32)27-18-5-2-4-17(12-18)22(23,24)25/h2,4-5,7-10,12,15,27H,3,6,11,13-14H2,1H3,(H,26,30)/t15-/m0/s1. The van der Waals surface area contributed by atoms with Gasteiger partial charge in [0.05, 0.1) is 10.5 Å². The number of nitrogens with one attached hydrogen (secondary N) is 2. The monoisotopic (exact) mass is 483 g/mol. The van der Waals surface area contributed by atoms with E-state index < -0.39 is 27.7 Å². The van der Waals surface area contributed by atoms with Gasteiger partial charge in [-0.25, -0.2) is 8.42 Å². The van der Waals surface area contributed by atoms with Crippen LogP contribution in [0.5, 0.6) is 0 Å². The minimum Gasteiger partial charge on any atom is -0.352 e. The molecule has 11 heteroatoms. The molecule has 0 aliphatic carbocycles. The van der Waals surface area contributed by atoms with Crippen molar-refractivity contribution in [1.29, 1.82) is 0 Å². The molecule has 1 saturated heterocycles. The van der Waals surface area contributed by atoms with Gasteiger partial charge in [-0.05, 0) is 54.8 Å². The predicted octanol–water partition coefficient (Wildman–Crippen LogP) is 3.49. The smallest absolute Gasteiger partial charge is 0.352 e. The molecular weight excluding hydrogens is 459 g/mol. The highest BCUT2D eigenvalue weighted by molar-refractivity contribution is 7.92. The van der Waals surface area contributed by atoms with Crippen molar-refractivity contribution in [3.05, 3.63) is 59.7 Å². The lowest BCUT2D eigenvalue weighted by molar-refractivity contribution is -0.137. The zero-order valence-electron chi connectivity index (χ0n) is 17.9. The molecule has 2 N–H and O–H groups in total. The molecule has 0 unspecified atom stereocenters. The molecule has 1 fully saturated rings. The number of halogens is 3. The molecular formula is C22H24F3N3O4S. The zero-order chi connectivity index (χ0) is 24.2. The Morgan fingerprint density at radius 3 is 2.45 bits per heavy atom. The first-order valence-electron chi connectivity index (χ1n) is 10.3. The molecule has 0 radical (unpaired) electrons. The van der Waals surface area contributed by atoms with Crippen LogP contribution < -0.4 is 10.0 Å². The summed E-state index contributed by atoms with van der Waals surface area (Å²) >= 11 is 0. The lowest BCUT2D eigenvalue weighted by Crippen LogP contribution is -2.36. The Morgan fingerprint density at radius 1 is 1.15 bits per heavy atom. The van der Waals surface area contributed by atoms with E-state index in [1.165, 1.54) is 30.3 Å². The lowest BCUT2D eigenvalue weighted by atomic mass is 10.1. The van der Waals surface area contributed by atoms with Crippen LogP contribution in [0.3, 0.4) is 0 Å². The fraction of sp³-hybridized carbons (Fsp3) is 0.364. The van der Waals surface area contributed by atoms with E-state index in [0.717, 1.165) is 25.1 Å². The number of sulfonamides is 1. The Morgan fingerprint density at radius 2 is 1.85 bits per heavy atom. The topological polar surface area (TPSA) is 95.6 Å². The molecule has 3 rings (SSSR count). The maximum Gasteiger partial charge on any atom is 0.416 e. The third-order valence-corrected chi connectivity index (χ3v) is 6.58. The van der Waals surface area contributed by atoms with Crippen molar-refractivity contribution in [2.24, 2.45) is 5.92 Å². The molecule has 178 valence electrons. The van der Waals surface area contributed by atoms with Gasteiger partial charge in [0.25, 0.3) is 15.9 Å². The maximum atomic E-state index is 12.8. The summed E-state index contributed by atoms with van der Waals surface area (Å²) < 4.78 is 65.7. The molecule has 33 heavy (non-hydrogen) atoms. The minimum absolute atomic E-state index is 0.0484. The van der Waals surface area contributed by atoms with E-state index in [1.807, 2.05) is 6.92 Å². The van der Waals surface area contributed by atoms with E-state index in [9.17, 15) is 31.2 Å². The van der Waals surface area contributed by atoms with Crippen molar-refractivity contribution in [3.8, 4) is 0 Å². The summed E-state index contributed by atoms with van der Waals surface area (Å²) in [4.78, 5) is 25.6. The number of hydrogen-bond donors (Lipinski definition) is 2. The van der Waals surface area contributed by atoms with Crippen LogP contribution >= 0.6 is 0 Å². The number of carbonyl (C=O) groups excluding carboxylic acids is 2. The van der Waals surface area contributed by atoms with Crippen LogP contribution in [-0.4, -0.2) is 44.8 Å². The Balaban J connectivity index is 1.59. The summed E-state index contributed by atoms with van der Waals surface area (Å²) in [5.74, 6) is -0.236. The van der Waals surface area contributed by atoms with Crippen LogP contribution in [0.4, 0.5) is 18.9 Å². The molecule has 0 aromatic heterocycles. The third kappa shape index (κ3) is 6.47. The fourth-order valence-corrected chi connectivity index (χ4v) is 4.51. The van der Waals surface area contributed by atoms with Gasteiger partial charge >= 0.3 is 6.18 Å². The van der Waals surface area contributed by atoms with Crippen molar-refractivity contribution in [2.45, 2.75) is 30.8 Å². The van der Waals surface area contributed by atoms with Crippen LogP contribution in [0.2, 0.25) is 0 Å². The Bertz CT molecular complexity index is 1120. The molecule has 2 aromatic rings. The highest BCUT2D eigenvalue weighted by atomic mass is 32.2. The highest BCUT2D eigenvalue weighted by Crippen LogP contribution is 2.31. The number of nitrogens with zero attached hydrogens (tertiary/aromatic N) is 1. The van der Waals surface area contributed by atoms with E-state index in [-0.39, 0.29) is 28.0 Å². The van der Waals surface area contributed by atoms with Gasteiger partial charge < -0.3 is 10.2 Å². The maximum absolute atomic E-state index is 12.8. The van der Waals surface area contributed by atoms with Gasteiger partial charge in [-0.3, -0.25) is 14.3 Å². The van der Waals surface area contributed by atoms with E-state index in [4.69, 9.17) is 0 Å². The normalized spacial score (nSPS) is 15.4. The van der Waals surface area contributed by atoms with Crippen molar-refractivity contribution in [3.63, 3.8) is 0 Å². The molecule has 0 bridgehead atoms. The second-order valence-corrected chi connectivity index (χ2v) is 9.65. The summed E-state index contributed by atoms with van der Waals surface area (Å²) in [6.45, 7) is 3.54. The van der Waals surface area contributed by atoms with Crippen molar-refractivity contribution in [2.75, 3.05) is 24.4 Å². The van der Waals surface area contributed by atoms with E-state index >= 15 is 0 Å². The largest absolute Gasteiger partial charge is 0.416 e. The van der Waals surface area contributed by atoms with Crippen LogP contribution in [0.15, 0.2) is 53.4 Å². The Hall–Kier alpha value is -3.08. The lowest BCUT2D eigenvalue weighted by Gasteiger charge is -2.21. The summed E-state index contributed by atoms with van der Waals surface area (Å²) in [7, 11) is -4.15. The number of carbonyl (C=O) groups is 2. The van der Waals surface area contributed by atoms with Gasteiger partial charge in [-0.1, -0.05) is 13.0 Å². The van der Waals surface area contributed by atoms with Gasteiger partial charge in [0.15, 0.2) is 0 Å².